The van der Waals surface area contributed by atoms with Gasteiger partial charge in [-0.05, 0) is 19.8 Å². The van der Waals surface area contributed by atoms with E-state index < -0.39 is 17.4 Å². The van der Waals surface area contributed by atoms with E-state index in [0.29, 0.717) is 24.4 Å². The van der Waals surface area contributed by atoms with Crippen LogP contribution in [0, 0.1) is 13.8 Å². The Morgan fingerprint density at radius 1 is 1.33 bits per heavy atom. The molecule has 1 amide bonds. The maximum absolute atomic E-state index is 12.0. The van der Waals surface area contributed by atoms with Crippen molar-refractivity contribution in [2.24, 2.45) is 0 Å². The molecule has 1 heterocycles. The largest absolute Gasteiger partial charge is 0.480 e. The Morgan fingerprint density at radius 3 is 2.39 bits per heavy atom. The Balaban J connectivity index is 2.20. The number of oxazole rings is 1. The van der Waals surface area contributed by atoms with Crippen molar-refractivity contribution in [1.82, 2.24) is 10.3 Å². The minimum Gasteiger partial charge on any atom is -0.480 e. The summed E-state index contributed by atoms with van der Waals surface area (Å²) >= 11 is 0. The summed E-state index contributed by atoms with van der Waals surface area (Å²) in [6, 6.07) is 0. The summed E-state index contributed by atoms with van der Waals surface area (Å²) in [5.74, 6) is -0.992. The molecule has 1 fully saturated rings. The highest BCUT2D eigenvalue weighted by Crippen LogP contribution is 2.30. The van der Waals surface area contributed by atoms with Gasteiger partial charge in [0.05, 0.1) is 5.69 Å². The Labute approximate surface area is 104 Å². The highest BCUT2D eigenvalue weighted by Gasteiger charge is 2.43. The molecule has 1 aliphatic rings. The smallest absolute Gasteiger partial charge is 0.329 e. The highest BCUT2D eigenvalue weighted by molar-refractivity contribution is 5.96. The molecular weight excluding hydrogens is 236 g/mol. The summed E-state index contributed by atoms with van der Waals surface area (Å²) in [4.78, 5) is 27.4. The molecule has 0 atom stereocenters. The van der Waals surface area contributed by atoms with Crippen LogP contribution in [0.15, 0.2) is 4.42 Å². The number of aliphatic carboxylic acids is 1. The van der Waals surface area contributed by atoms with Gasteiger partial charge in [0.25, 0.3) is 5.91 Å². The average molecular weight is 252 g/mol. The van der Waals surface area contributed by atoms with E-state index in [0.717, 1.165) is 12.8 Å². The van der Waals surface area contributed by atoms with Crippen LogP contribution in [0.25, 0.3) is 0 Å². The predicted octanol–water partition coefficient (Wildman–Crippen LogP) is 1.42. The first-order valence-electron chi connectivity index (χ1n) is 5.94. The first-order valence-corrected chi connectivity index (χ1v) is 5.94. The number of aromatic nitrogens is 1. The summed E-state index contributed by atoms with van der Waals surface area (Å²) in [5.41, 5.74) is -0.673. The van der Waals surface area contributed by atoms with E-state index in [1.807, 2.05) is 0 Å². The normalized spacial score (nSPS) is 17.7. The van der Waals surface area contributed by atoms with Crippen molar-refractivity contribution in [3.63, 3.8) is 0 Å². The third-order valence-electron chi connectivity index (χ3n) is 3.33. The van der Waals surface area contributed by atoms with Crippen LogP contribution >= 0.6 is 0 Å². The van der Waals surface area contributed by atoms with Gasteiger partial charge in [0.2, 0.25) is 5.76 Å². The van der Waals surface area contributed by atoms with E-state index in [9.17, 15) is 14.7 Å². The zero-order chi connectivity index (χ0) is 13.3. The van der Waals surface area contributed by atoms with Crippen molar-refractivity contribution in [3.05, 3.63) is 17.3 Å². The molecule has 2 rings (SSSR count). The number of nitrogens with one attached hydrogen (secondary N) is 1. The predicted molar refractivity (Wildman–Crippen MR) is 62.3 cm³/mol. The van der Waals surface area contributed by atoms with Crippen molar-refractivity contribution >= 4 is 11.9 Å². The van der Waals surface area contributed by atoms with Crippen molar-refractivity contribution in [1.29, 1.82) is 0 Å². The van der Waals surface area contributed by atoms with Crippen LogP contribution < -0.4 is 5.32 Å². The fraction of sp³-hybridized carbons (Fsp3) is 0.583. The second kappa shape index (κ2) is 4.44. The zero-order valence-corrected chi connectivity index (χ0v) is 10.4. The molecule has 0 saturated heterocycles. The number of carboxylic acids is 1. The molecule has 98 valence electrons. The van der Waals surface area contributed by atoms with Gasteiger partial charge in [-0.3, -0.25) is 4.79 Å². The lowest BCUT2D eigenvalue weighted by molar-refractivity contribution is -0.144. The van der Waals surface area contributed by atoms with E-state index >= 15 is 0 Å². The topological polar surface area (TPSA) is 92.4 Å². The van der Waals surface area contributed by atoms with Gasteiger partial charge >= 0.3 is 5.97 Å². The van der Waals surface area contributed by atoms with Crippen LogP contribution in [0.5, 0.6) is 0 Å². The molecule has 0 aliphatic heterocycles. The first-order chi connectivity index (χ1) is 8.44. The molecule has 6 heteroatoms. The zero-order valence-electron chi connectivity index (χ0n) is 10.4. The maximum atomic E-state index is 12.0. The summed E-state index contributed by atoms with van der Waals surface area (Å²) in [6.45, 7) is 3.31. The van der Waals surface area contributed by atoms with Crippen LogP contribution in [0.2, 0.25) is 0 Å². The van der Waals surface area contributed by atoms with Gasteiger partial charge in [0.1, 0.15) is 5.54 Å². The molecule has 1 aromatic heterocycles. The molecule has 1 aliphatic carbocycles. The monoisotopic (exact) mass is 252 g/mol. The van der Waals surface area contributed by atoms with E-state index in [-0.39, 0.29) is 5.76 Å². The molecule has 1 saturated carbocycles. The molecule has 0 bridgehead atoms. The van der Waals surface area contributed by atoms with Gasteiger partial charge in [0, 0.05) is 6.92 Å². The second-order valence-electron chi connectivity index (χ2n) is 4.70. The molecule has 1 aromatic rings. The Hall–Kier alpha value is -1.85. The lowest BCUT2D eigenvalue weighted by Crippen LogP contribution is -2.52. The minimum atomic E-state index is -1.15. The molecule has 0 spiro atoms. The fourth-order valence-corrected chi connectivity index (χ4v) is 2.39. The molecular formula is C12H16N2O4. The van der Waals surface area contributed by atoms with Gasteiger partial charge in [0.15, 0.2) is 5.89 Å². The number of hydrogen-bond donors (Lipinski definition) is 2. The van der Waals surface area contributed by atoms with Gasteiger partial charge in [-0.25, -0.2) is 9.78 Å². The van der Waals surface area contributed by atoms with Crippen molar-refractivity contribution in [2.45, 2.75) is 45.1 Å². The van der Waals surface area contributed by atoms with Crippen LogP contribution in [0.3, 0.4) is 0 Å². The van der Waals surface area contributed by atoms with Crippen LogP contribution in [0.4, 0.5) is 0 Å². The molecule has 0 unspecified atom stereocenters. The number of aryl methyl sites for hydroxylation is 2. The van der Waals surface area contributed by atoms with Gasteiger partial charge in [-0.15, -0.1) is 0 Å². The lowest BCUT2D eigenvalue weighted by Gasteiger charge is -2.24. The molecule has 18 heavy (non-hydrogen) atoms. The van der Waals surface area contributed by atoms with E-state index in [4.69, 9.17) is 4.42 Å². The number of rotatable bonds is 3. The number of hydrogen-bond acceptors (Lipinski definition) is 4. The minimum absolute atomic E-state index is 0.0972. The Bertz CT molecular complexity index is 486. The SMILES string of the molecule is Cc1nc(C)c(C(=O)NC2(C(=O)O)CCCC2)o1. The molecule has 0 aromatic carbocycles. The van der Waals surface area contributed by atoms with Crippen molar-refractivity contribution in [3.8, 4) is 0 Å². The summed E-state index contributed by atoms with van der Waals surface area (Å²) in [5, 5.41) is 11.9. The van der Waals surface area contributed by atoms with E-state index in [1.165, 1.54) is 0 Å². The van der Waals surface area contributed by atoms with Gasteiger partial charge < -0.3 is 14.8 Å². The summed E-state index contributed by atoms with van der Waals surface area (Å²) < 4.78 is 5.20. The third kappa shape index (κ3) is 2.10. The number of nitrogens with zero attached hydrogens (tertiary/aromatic N) is 1. The second-order valence-corrected chi connectivity index (χ2v) is 4.70. The molecule has 0 radical (unpaired) electrons. The lowest BCUT2D eigenvalue weighted by atomic mass is 9.97. The van der Waals surface area contributed by atoms with E-state index in [2.05, 4.69) is 10.3 Å². The van der Waals surface area contributed by atoms with E-state index in [1.54, 1.807) is 13.8 Å². The highest BCUT2D eigenvalue weighted by atomic mass is 16.4. The number of carbonyl (C=O) groups excluding carboxylic acids is 1. The Morgan fingerprint density at radius 2 is 1.94 bits per heavy atom. The van der Waals surface area contributed by atoms with Crippen LogP contribution in [-0.2, 0) is 4.79 Å². The van der Waals surface area contributed by atoms with Gasteiger partial charge in [-0.2, -0.15) is 0 Å². The standard InChI is InChI=1S/C12H16N2O4/c1-7-9(18-8(2)13-7)10(15)14-12(11(16)17)5-3-4-6-12/h3-6H2,1-2H3,(H,14,15)(H,16,17). The number of amides is 1. The summed E-state index contributed by atoms with van der Waals surface area (Å²) in [7, 11) is 0. The number of carbonyl (C=O) groups is 2. The maximum Gasteiger partial charge on any atom is 0.329 e. The average Bonchev–Trinajstić information content (AvgIpc) is 2.86. The van der Waals surface area contributed by atoms with Crippen LogP contribution in [0.1, 0.15) is 47.8 Å². The quantitative estimate of drug-likeness (QED) is 0.848. The number of carboxylic acid groups (broad SMARTS) is 1. The summed E-state index contributed by atoms with van der Waals surface area (Å²) in [6.07, 6.45) is 2.53. The van der Waals surface area contributed by atoms with Crippen molar-refractivity contribution in [2.75, 3.05) is 0 Å². The van der Waals surface area contributed by atoms with Crippen LogP contribution in [-0.4, -0.2) is 27.5 Å². The van der Waals surface area contributed by atoms with Gasteiger partial charge in [-0.1, -0.05) is 12.8 Å². The third-order valence-corrected chi connectivity index (χ3v) is 3.33. The Kier molecular flexibility index (Phi) is 3.11. The first kappa shape index (κ1) is 12.6. The molecule has 6 nitrogen and oxygen atoms in total. The fourth-order valence-electron chi connectivity index (χ4n) is 2.39. The van der Waals surface area contributed by atoms with Crippen molar-refractivity contribution < 1.29 is 19.1 Å². The molecule has 2 N–H and O–H groups in total.